The average molecular weight is 179 g/mol. The minimum Gasteiger partial charge on any atom is -0.334 e. The summed E-state index contributed by atoms with van der Waals surface area (Å²) in [5.74, 6) is 1.09. The second kappa shape index (κ2) is 3.36. The van der Waals surface area contributed by atoms with Gasteiger partial charge >= 0.3 is 0 Å². The lowest BCUT2D eigenvalue weighted by Crippen LogP contribution is -2.03. The Labute approximate surface area is 74.1 Å². The van der Waals surface area contributed by atoms with E-state index in [1.165, 1.54) is 0 Å². The van der Waals surface area contributed by atoms with Gasteiger partial charge in [0, 0.05) is 12.6 Å². The molecule has 0 aliphatic heterocycles. The second-order valence-electron chi connectivity index (χ2n) is 2.54. The Morgan fingerprint density at radius 1 is 1.54 bits per heavy atom. The predicted octanol–water partition coefficient (Wildman–Crippen LogP) is -0.0391. The molecule has 0 aliphatic rings. The van der Waals surface area contributed by atoms with Crippen molar-refractivity contribution < 1.29 is 4.52 Å². The average Bonchev–Trinajstić information content (AvgIpc) is 2.70. The van der Waals surface area contributed by atoms with E-state index in [0.29, 0.717) is 24.7 Å². The number of nitrogens with two attached hydrogens (primary N) is 1. The zero-order valence-electron chi connectivity index (χ0n) is 6.90. The van der Waals surface area contributed by atoms with Crippen molar-refractivity contribution in [2.45, 2.75) is 6.42 Å². The molecule has 68 valence electrons. The number of rotatable bonds is 3. The molecule has 3 N–H and O–H groups in total. The van der Waals surface area contributed by atoms with E-state index < -0.39 is 0 Å². The highest BCUT2D eigenvalue weighted by Crippen LogP contribution is 2.14. The molecule has 2 aromatic heterocycles. The third kappa shape index (κ3) is 1.57. The zero-order chi connectivity index (χ0) is 9.10. The van der Waals surface area contributed by atoms with Crippen molar-refractivity contribution in [3.05, 3.63) is 18.2 Å². The number of aromatic nitrogens is 4. The van der Waals surface area contributed by atoms with E-state index in [9.17, 15) is 0 Å². The van der Waals surface area contributed by atoms with E-state index in [1.807, 2.05) is 0 Å². The van der Waals surface area contributed by atoms with Crippen LogP contribution in [0.2, 0.25) is 0 Å². The highest BCUT2D eigenvalue weighted by Gasteiger charge is 2.08. The molecule has 0 bridgehead atoms. The van der Waals surface area contributed by atoms with Gasteiger partial charge in [0.1, 0.15) is 0 Å². The monoisotopic (exact) mass is 179 g/mol. The Hall–Kier alpha value is -1.69. The second-order valence-corrected chi connectivity index (χ2v) is 2.54. The highest BCUT2D eigenvalue weighted by atomic mass is 16.5. The number of aromatic amines is 1. The normalized spacial score (nSPS) is 10.5. The summed E-state index contributed by atoms with van der Waals surface area (Å²) in [6.45, 7) is 0.518. The zero-order valence-corrected chi connectivity index (χ0v) is 6.90. The molecule has 0 atom stereocenters. The van der Waals surface area contributed by atoms with E-state index in [4.69, 9.17) is 10.3 Å². The molecule has 0 saturated carbocycles. The van der Waals surface area contributed by atoms with Gasteiger partial charge in [-0.1, -0.05) is 5.16 Å². The molecule has 0 amide bonds. The van der Waals surface area contributed by atoms with Crippen LogP contribution in [0.3, 0.4) is 0 Å². The number of H-pyrrole nitrogens is 1. The summed E-state index contributed by atoms with van der Waals surface area (Å²) >= 11 is 0. The van der Waals surface area contributed by atoms with Crippen LogP contribution in [-0.2, 0) is 6.42 Å². The van der Waals surface area contributed by atoms with Gasteiger partial charge < -0.3 is 10.3 Å². The maximum atomic E-state index is 5.35. The molecule has 0 fully saturated rings. The van der Waals surface area contributed by atoms with Gasteiger partial charge in [0.05, 0.1) is 11.8 Å². The highest BCUT2D eigenvalue weighted by molar-refractivity contribution is 5.48. The Morgan fingerprint density at radius 3 is 3.15 bits per heavy atom. The summed E-state index contributed by atoms with van der Waals surface area (Å²) in [5, 5.41) is 10.2. The third-order valence-electron chi connectivity index (χ3n) is 1.58. The van der Waals surface area contributed by atoms with Gasteiger partial charge in [0.25, 0.3) is 5.89 Å². The maximum absolute atomic E-state index is 5.35. The van der Waals surface area contributed by atoms with Crippen LogP contribution in [0, 0.1) is 0 Å². The quantitative estimate of drug-likeness (QED) is 0.689. The first-order valence-electron chi connectivity index (χ1n) is 3.92. The van der Waals surface area contributed by atoms with E-state index in [1.54, 1.807) is 12.4 Å². The standard InChI is InChI=1S/C7H9N5O/c8-2-1-6-11-7(13-12-6)5-3-9-10-4-5/h3-4H,1-2,8H2,(H,9,10). The summed E-state index contributed by atoms with van der Waals surface area (Å²) in [6.07, 6.45) is 3.95. The van der Waals surface area contributed by atoms with E-state index in [-0.39, 0.29) is 0 Å². The molecule has 6 heteroatoms. The van der Waals surface area contributed by atoms with Gasteiger partial charge in [0.2, 0.25) is 0 Å². The molecule has 0 aromatic carbocycles. The lowest BCUT2D eigenvalue weighted by atomic mass is 10.3. The summed E-state index contributed by atoms with van der Waals surface area (Å²) in [6, 6.07) is 0. The van der Waals surface area contributed by atoms with Crippen molar-refractivity contribution in [3.8, 4) is 11.5 Å². The van der Waals surface area contributed by atoms with Crippen LogP contribution >= 0.6 is 0 Å². The number of hydrogen-bond acceptors (Lipinski definition) is 5. The van der Waals surface area contributed by atoms with Crippen molar-refractivity contribution in [3.63, 3.8) is 0 Å². The van der Waals surface area contributed by atoms with Gasteiger partial charge in [-0.05, 0) is 6.54 Å². The van der Waals surface area contributed by atoms with Gasteiger partial charge in [-0.25, -0.2) is 0 Å². The van der Waals surface area contributed by atoms with Crippen LogP contribution < -0.4 is 5.73 Å². The maximum Gasteiger partial charge on any atom is 0.261 e. The van der Waals surface area contributed by atoms with Gasteiger partial charge in [0.15, 0.2) is 5.82 Å². The first kappa shape index (κ1) is 7.93. The van der Waals surface area contributed by atoms with E-state index in [2.05, 4.69) is 20.3 Å². The summed E-state index contributed by atoms with van der Waals surface area (Å²) < 4.78 is 4.98. The number of nitrogens with zero attached hydrogens (tertiary/aromatic N) is 3. The SMILES string of the molecule is NCCc1noc(-c2cn[nH]c2)n1. The molecular weight excluding hydrogens is 170 g/mol. The van der Waals surface area contributed by atoms with Crippen LogP contribution in [0.1, 0.15) is 5.82 Å². The molecule has 6 nitrogen and oxygen atoms in total. The Bertz CT molecular complexity index is 366. The van der Waals surface area contributed by atoms with Crippen molar-refractivity contribution in [1.82, 2.24) is 20.3 Å². The molecular formula is C7H9N5O. The third-order valence-corrected chi connectivity index (χ3v) is 1.58. The van der Waals surface area contributed by atoms with Crippen LogP contribution in [0.4, 0.5) is 0 Å². The molecule has 13 heavy (non-hydrogen) atoms. The van der Waals surface area contributed by atoms with Crippen molar-refractivity contribution >= 4 is 0 Å². The van der Waals surface area contributed by atoms with E-state index in [0.717, 1.165) is 5.56 Å². The summed E-state index contributed by atoms with van der Waals surface area (Å²) in [5.41, 5.74) is 6.14. The van der Waals surface area contributed by atoms with E-state index >= 15 is 0 Å². The number of hydrogen-bond donors (Lipinski definition) is 2. The molecule has 0 spiro atoms. The topological polar surface area (TPSA) is 93.6 Å². The largest absolute Gasteiger partial charge is 0.334 e. The first-order valence-corrected chi connectivity index (χ1v) is 3.92. The van der Waals surface area contributed by atoms with Crippen LogP contribution in [0.5, 0.6) is 0 Å². The number of nitrogens with one attached hydrogen (secondary N) is 1. The Morgan fingerprint density at radius 2 is 2.46 bits per heavy atom. The fraction of sp³-hybridized carbons (Fsp3) is 0.286. The van der Waals surface area contributed by atoms with Crippen molar-refractivity contribution in [2.24, 2.45) is 5.73 Å². The fourth-order valence-corrected chi connectivity index (χ4v) is 0.970. The summed E-state index contributed by atoms with van der Waals surface area (Å²) in [7, 11) is 0. The van der Waals surface area contributed by atoms with Crippen molar-refractivity contribution in [2.75, 3.05) is 6.54 Å². The van der Waals surface area contributed by atoms with Gasteiger partial charge in [-0.3, -0.25) is 5.10 Å². The molecule has 2 rings (SSSR count). The first-order chi connectivity index (χ1) is 6.40. The minimum atomic E-state index is 0.470. The lowest BCUT2D eigenvalue weighted by Gasteiger charge is -1.83. The molecule has 2 heterocycles. The Balaban J connectivity index is 2.23. The minimum absolute atomic E-state index is 0.470. The van der Waals surface area contributed by atoms with Crippen molar-refractivity contribution in [1.29, 1.82) is 0 Å². The van der Waals surface area contributed by atoms with Crippen LogP contribution in [0.25, 0.3) is 11.5 Å². The predicted molar refractivity (Wildman–Crippen MR) is 44.6 cm³/mol. The van der Waals surface area contributed by atoms with Gasteiger partial charge in [-0.15, -0.1) is 0 Å². The molecule has 0 radical (unpaired) electrons. The summed E-state index contributed by atoms with van der Waals surface area (Å²) in [4.78, 5) is 4.12. The molecule has 0 saturated heterocycles. The Kier molecular flexibility index (Phi) is 2.05. The molecule has 0 unspecified atom stereocenters. The lowest BCUT2D eigenvalue weighted by molar-refractivity contribution is 0.422. The fourth-order valence-electron chi connectivity index (χ4n) is 0.970. The smallest absolute Gasteiger partial charge is 0.261 e. The molecule has 2 aromatic rings. The van der Waals surface area contributed by atoms with Gasteiger partial charge in [-0.2, -0.15) is 10.1 Å². The van der Waals surface area contributed by atoms with Crippen LogP contribution in [0.15, 0.2) is 16.9 Å². The van der Waals surface area contributed by atoms with Crippen LogP contribution in [-0.4, -0.2) is 26.9 Å². The molecule has 0 aliphatic carbocycles.